The average molecular weight is 354 g/mol. The Morgan fingerprint density at radius 2 is 1.65 bits per heavy atom. The summed E-state index contributed by atoms with van der Waals surface area (Å²) in [5.74, 6) is 1.67. The fourth-order valence-corrected chi connectivity index (χ4v) is 3.23. The summed E-state index contributed by atoms with van der Waals surface area (Å²) in [6.07, 6.45) is 0.218. The van der Waals surface area contributed by atoms with Gasteiger partial charge in [-0.05, 0) is 30.7 Å². The van der Waals surface area contributed by atoms with E-state index >= 15 is 0 Å². The van der Waals surface area contributed by atoms with Crippen molar-refractivity contribution in [1.82, 2.24) is 4.90 Å². The largest absolute Gasteiger partial charge is 0.495 e. The van der Waals surface area contributed by atoms with E-state index in [0.29, 0.717) is 19.5 Å². The molecule has 0 saturated carbocycles. The Morgan fingerprint density at radius 3 is 2.31 bits per heavy atom. The standard InChI is InChI=1S/C21H26N2O3/c1-3-19(26-17-9-5-4-6-10-17)21(24)23-15-13-22(14-16-23)18-11-7-8-12-20(18)25-2/h4-12,19H,3,13-16H2,1-2H3/t19-/m0/s1. The quantitative estimate of drug-likeness (QED) is 0.799. The fourth-order valence-electron chi connectivity index (χ4n) is 3.23. The SMILES string of the molecule is CC[C@H](Oc1ccccc1)C(=O)N1CCN(c2ccccc2OC)CC1. The van der Waals surface area contributed by atoms with Crippen LogP contribution in [0.3, 0.4) is 0 Å². The van der Waals surface area contributed by atoms with Crippen molar-refractivity contribution in [2.75, 3.05) is 38.2 Å². The maximum Gasteiger partial charge on any atom is 0.263 e. The van der Waals surface area contributed by atoms with Crippen LogP contribution < -0.4 is 14.4 Å². The van der Waals surface area contributed by atoms with Gasteiger partial charge in [-0.3, -0.25) is 4.79 Å². The third kappa shape index (κ3) is 4.10. The van der Waals surface area contributed by atoms with Crippen LogP contribution in [0.1, 0.15) is 13.3 Å². The van der Waals surface area contributed by atoms with Crippen molar-refractivity contribution in [3.05, 3.63) is 54.6 Å². The highest BCUT2D eigenvalue weighted by molar-refractivity contribution is 5.81. The molecule has 0 radical (unpaired) electrons. The van der Waals surface area contributed by atoms with Gasteiger partial charge in [0.05, 0.1) is 12.8 Å². The van der Waals surface area contributed by atoms with Crippen molar-refractivity contribution >= 4 is 11.6 Å². The molecule has 26 heavy (non-hydrogen) atoms. The highest BCUT2D eigenvalue weighted by atomic mass is 16.5. The summed E-state index contributed by atoms with van der Waals surface area (Å²) in [6.45, 7) is 4.93. The lowest BCUT2D eigenvalue weighted by Crippen LogP contribution is -2.52. The van der Waals surface area contributed by atoms with E-state index in [9.17, 15) is 4.79 Å². The number of anilines is 1. The van der Waals surface area contributed by atoms with Crippen molar-refractivity contribution in [2.24, 2.45) is 0 Å². The number of carbonyl (C=O) groups excluding carboxylic acids is 1. The minimum Gasteiger partial charge on any atom is -0.495 e. The molecule has 1 heterocycles. The molecule has 0 spiro atoms. The summed E-state index contributed by atoms with van der Waals surface area (Å²) >= 11 is 0. The van der Waals surface area contributed by atoms with Crippen LogP contribution in [-0.4, -0.2) is 50.2 Å². The van der Waals surface area contributed by atoms with Crippen LogP contribution in [-0.2, 0) is 4.79 Å². The Balaban J connectivity index is 1.60. The number of amides is 1. The molecule has 0 N–H and O–H groups in total. The zero-order chi connectivity index (χ0) is 18.4. The maximum absolute atomic E-state index is 12.9. The van der Waals surface area contributed by atoms with E-state index in [1.54, 1.807) is 7.11 Å². The number of hydrogen-bond donors (Lipinski definition) is 0. The van der Waals surface area contributed by atoms with Crippen LogP contribution in [0.25, 0.3) is 0 Å². The first-order chi connectivity index (χ1) is 12.7. The molecule has 5 nitrogen and oxygen atoms in total. The van der Waals surface area contributed by atoms with Gasteiger partial charge in [0.15, 0.2) is 6.10 Å². The molecule has 0 aliphatic carbocycles. The topological polar surface area (TPSA) is 42.0 Å². The minimum absolute atomic E-state index is 0.0658. The van der Waals surface area contributed by atoms with Crippen LogP contribution in [0.4, 0.5) is 5.69 Å². The van der Waals surface area contributed by atoms with Gasteiger partial charge in [-0.25, -0.2) is 0 Å². The Labute approximate surface area is 155 Å². The van der Waals surface area contributed by atoms with Gasteiger partial charge >= 0.3 is 0 Å². The number of hydrogen-bond acceptors (Lipinski definition) is 4. The second kappa shape index (κ2) is 8.61. The van der Waals surface area contributed by atoms with Crippen molar-refractivity contribution in [1.29, 1.82) is 0 Å². The molecule has 1 atom stereocenters. The molecule has 138 valence electrons. The summed E-state index contributed by atoms with van der Waals surface area (Å²) in [5, 5.41) is 0. The van der Waals surface area contributed by atoms with Gasteiger partial charge in [0.2, 0.25) is 0 Å². The predicted octanol–water partition coefficient (Wildman–Crippen LogP) is 3.20. The summed E-state index contributed by atoms with van der Waals surface area (Å²) in [6, 6.07) is 17.5. The monoisotopic (exact) mass is 354 g/mol. The molecular weight excluding hydrogens is 328 g/mol. The molecule has 5 heteroatoms. The zero-order valence-electron chi connectivity index (χ0n) is 15.4. The molecule has 3 rings (SSSR count). The van der Waals surface area contributed by atoms with Gasteiger partial charge in [0.25, 0.3) is 5.91 Å². The van der Waals surface area contributed by atoms with E-state index in [1.807, 2.05) is 60.4 Å². The second-order valence-electron chi connectivity index (χ2n) is 6.31. The van der Waals surface area contributed by atoms with Crippen molar-refractivity contribution < 1.29 is 14.3 Å². The number of benzene rings is 2. The average Bonchev–Trinajstić information content (AvgIpc) is 2.72. The van der Waals surface area contributed by atoms with Gasteiger partial charge in [0.1, 0.15) is 11.5 Å². The van der Waals surface area contributed by atoms with Crippen molar-refractivity contribution in [2.45, 2.75) is 19.4 Å². The number of ether oxygens (including phenoxy) is 2. The van der Waals surface area contributed by atoms with Crippen molar-refractivity contribution in [3.63, 3.8) is 0 Å². The lowest BCUT2D eigenvalue weighted by molar-refractivity contribution is -0.139. The number of piperazine rings is 1. The number of para-hydroxylation sites is 3. The fraction of sp³-hybridized carbons (Fsp3) is 0.381. The van der Waals surface area contributed by atoms with E-state index in [1.165, 1.54) is 0 Å². The van der Waals surface area contributed by atoms with Gasteiger partial charge in [-0.15, -0.1) is 0 Å². The molecule has 1 aliphatic heterocycles. The van der Waals surface area contributed by atoms with Crippen LogP contribution in [0, 0.1) is 0 Å². The summed E-state index contributed by atoms with van der Waals surface area (Å²) in [5.41, 5.74) is 1.08. The highest BCUT2D eigenvalue weighted by Crippen LogP contribution is 2.28. The Bertz CT molecular complexity index is 712. The van der Waals surface area contributed by atoms with Crippen LogP contribution in [0.5, 0.6) is 11.5 Å². The first-order valence-corrected chi connectivity index (χ1v) is 9.11. The summed E-state index contributed by atoms with van der Waals surface area (Å²) in [4.78, 5) is 17.0. The second-order valence-corrected chi connectivity index (χ2v) is 6.31. The van der Waals surface area contributed by atoms with Crippen molar-refractivity contribution in [3.8, 4) is 11.5 Å². The Morgan fingerprint density at radius 1 is 1.00 bits per heavy atom. The van der Waals surface area contributed by atoms with Gasteiger partial charge in [-0.1, -0.05) is 37.3 Å². The van der Waals surface area contributed by atoms with Crippen LogP contribution >= 0.6 is 0 Å². The van der Waals surface area contributed by atoms with E-state index in [4.69, 9.17) is 9.47 Å². The molecule has 1 amide bonds. The zero-order valence-corrected chi connectivity index (χ0v) is 15.4. The highest BCUT2D eigenvalue weighted by Gasteiger charge is 2.28. The third-order valence-electron chi connectivity index (χ3n) is 4.68. The van der Waals surface area contributed by atoms with E-state index in [2.05, 4.69) is 11.0 Å². The predicted molar refractivity (Wildman–Crippen MR) is 103 cm³/mol. The molecule has 0 aromatic heterocycles. The minimum atomic E-state index is -0.435. The first-order valence-electron chi connectivity index (χ1n) is 9.11. The molecule has 1 aliphatic rings. The molecule has 0 bridgehead atoms. The van der Waals surface area contributed by atoms with Crippen LogP contribution in [0.2, 0.25) is 0 Å². The van der Waals surface area contributed by atoms with Gasteiger partial charge in [-0.2, -0.15) is 0 Å². The third-order valence-corrected chi connectivity index (χ3v) is 4.68. The first kappa shape index (κ1) is 18.1. The van der Waals surface area contributed by atoms with E-state index in [0.717, 1.165) is 30.3 Å². The Hall–Kier alpha value is -2.69. The lowest BCUT2D eigenvalue weighted by Gasteiger charge is -2.37. The number of nitrogens with zero attached hydrogens (tertiary/aromatic N) is 2. The molecule has 1 fully saturated rings. The Kier molecular flexibility index (Phi) is 6.00. The summed E-state index contributed by atoms with van der Waals surface area (Å²) < 4.78 is 11.4. The number of rotatable bonds is 6. The lowest BCUT2D eigenvalue weighted by atomic mass is 10.2. The summed E-state index contributed by atoms with van der Waals surface area (Å²) in [7, 11) is 1.69. The van der Waals surface area contributed by atoms with Gasteiger partial charge < -0.3 is 19.3 Å². The molecule has 0 unspecified atom stereocenters. The normalized spacial score (nSPS) is 15.5. The number of carbonyl (C=O) groups is 1. The van der Waals surface area contributed by atoms with Gasteiger partial charge in [0, 0.05) is 26.2 Å². The number of methoxy groups -OCH3 is 1. The molecule has 1 saturated heterocycles. The molecule has 2 aromatic carbocycles. The van der Waals surface area contributed by atoms with E-state index < -0.39 is 6.10 Å². The maximum atomic E-state index is 12.9. The van der Waals surface area contributed by atoms with E-state index in [-0.39, 0.29) is 5.91 Å². The molecule has 2 aromatic rings. The smallest absolute Gasteiger partial charge is 0.263 e. The van der Waals surface area contributed by atoms with Crippen LogP contribution in [0.15, 0.2) is 54.6 Å². The molecular formula is C21H26N2O3.